The minimum Gasteiger partial charge on any atom is -0.360 e. The van der Waals surface area contributed by atoms with Crippen molar-refractivity contribution in [1.82, 2.24) is 4.98 Å². The first-order valence-corrected chi connectivity index (χ1v) is 7.52. The van der Waals surface area contributed by atoms with Crippen LogP contribution in [-0.4, -0.2) is 27.2 Å². The van der Waals surface area contributed by atoms with Crippen molar-refractivity contribution in [2.24, 2.45) is 0 Å². The summed E-state index contributed by atoms with van der Waals surface area (Å²) in [5.41, 5.74) is 1.01. The number of benzene rings is 1. The molecule has 1 aromatic carbocycles. The van der Waals surface area contributed by atoms with Crippen LogP contribution in [0.25, 0.3) is 10.2 Å². The molecule has 0 bridgehead atoms. The highest BCUT2D eigenvalue weighted by Crippen LogP contribution is 2.25. The summed E-state index contributed by atoms with van der Waals surface area (Å²) in [5, 5.41) is 4.28. The van der Waals surface area contributed by atoms with Crippen molar-refractivity contribution in [3.63, 3.8) is 0 Å². The van der Waals surface area contributed by atoms with Gasteiger partial charge < -0.3 is 5.32 Å². The number of thiazole rings is 1. The molecule has 1 heterocycles. The summed E-state index contributed by atoms with van der Waals surface area (Å²) in [6.07, 6.45) is 1.73. The maximum Gasteiger partial charge on any atom is 0.183 e. The van der Waals surface area contributed by atoms with Gasteiger partial charge in [-0.15, -0.1) is 0 Å². The van der Waals surface area contributed by atoms with Gasteiger partial charge >= 0.3 is 0 Å². The number of fused-ring (bicyclic) bond motifs is 1. The highest BCUT2D eigenvalue weighted by molar-refractivity contribution is 7.84. The van der Waals surface area contributed by atoms with Crippen molar-refractivity contribution in [3.8, 4) is 0 Å². The van der Waals surface area contributed by atoms with Gasteiger partial charge in [-0.2, -0.15) is 0 Å². The quantitative estimate of drug-likeness (QED) is 0.911. The fraction of sp³-hybridized carbons (Fsp3) is 0.364. The minimum atomic E-state index is -0.787. The van der Waals surface area contributed by atoms with Gasteiger partial charge in [0.1, 0.15) is 0 Å². The number of nitrogens with zero attached hydrogens (tertiary/aromatic N) is 1. The van der Waals surface area contributed by atoms with Gasteiger partial charge in [-0.25, -0.2) is 4.98 Å². The van der Waals surface area contributed by atoms with E-state index in [4.69, 9.17) is 0 Å². The van der Waals surface area contributed by atoms with Crippen molar-refractivity contribution in [1.29, 1.82) is 0 Å². The van der Waals surface area contributed by atoms with Crippen LogP contribution in [0.2, 0.25) is 0 Å². The molecule has 0 fully saturated rings. The van der Waals surface area contributed by atoms with Gasteiger partial charge in [0.2, 0.25) is 0 Å². The van der Waals surface area contributed by atoms with E-state index in [1.165, 1.54) is 4.70 Å². The summed E-state index contributed by atoms with van der Waals surface area (Å²) in [7, 11) is -0.787. The van der Waals surface area contributed by atoms with Crippen molar-refractivity contribution in [2.45, 2.75) is 12.2 Å². The molecule has 0 saturated carbocycles. The fourth-order valence-corrected chi connectivity index (χ4v) is 2.49. The molecule has 5 heteroatoms. The van der Waals surface area contributed by atoms with E-state index >= 15 is 0 Å². The molecule has 16 heavy (non-hydrogen) atoms. The van der Waals surface area contributed by atoms with Crippen molar-refractivity contribution in [2.75, 3.05) is 18.1 Å². The first-order chi connectivity index (χ1) is 7.66. The Hall–Kier alpha value is -0.940. The SMILES string of the molecule is CC(CNc1nc2ccccc2s1)S(C)=O. The maximum absolute atomic E-state index is 11.2. The molecule has 0 saturated heterocycles. The first kappa shape index (κ1) is 11.5. The van der Waals surface area contributed by atoms with Crippen LogP contribution < -0.4 is 5.32 Å². The molecule has 2 atom stereocenters. The van der Waals surface area contributed by atoms with Gasteiger partial charge in [0.05, 0.1) is 10.2 Å². The lowest BCUT2D eigenvalue weighted by atomic mass is 10.3. The van der Waals surface area contributed by atoms with E-state index in [0.717, 1.165) is 10.6 Å². The second-order valence-corrected chi connectivity index (χ2v) is 6.51. The summed E-state index contributed by atoms with van der Waals surface area (Å²) in [5.74, 6) is 0. The third-order valence-corrected chi connectivity index (χ3v) is 4.70. The highest BCUT2D eigenvalue weighted by atomic mass is 32.2. The van der Waals surface area contributed by atoms with E-state index < -0.39 is 10.8 Å². The zero-order valence-corrected chi connectivity index (χ0v) is 10.9. The first-order valence-electron chi connectivity index (χ1n) is 5.08. The Kier molecular flexibility index (Phi) is 3.56. The van der Waals surface area contributed by atoms with Crippen molar-refractivity contribution < 1.29 is 4.21 Å². The molecule has 1 aromatic heterocycles. The molecule has 0 aliphatic rings. The number of para-hydroxylation sites is 1. The van der Waals surface area contributed by atoms with Crippen LogP contribution in [-0.2, 0) is 10.8 Å². The molecule has 2 unspecified atom stereocenters. The normalized spacial score (nSPS) is 14.9. The summed E-state index contributed by atoms with van der Waals surface area (Å²) in [6.45, 7) is 2.67. The summed E-state index contributed by atoms with van der Waals surface area (Å²) in [4.78, 5) is 4.45. The van der Waals surface area contributed by atoms with E-state index in [2.05, 4.69) is 16.4 Å². The molecule has 0 amide bonds. The third kappa shape index (κ3) is 2.59. The fourth-order valence-electron chi connectivity index (χ4n) is 1.30. The molecule has 0 aliphatic heterocycles. The van der Waals surface area contributed by atoms with Crippen LogP contribution in [0.1, 0.15) is 6.92 Å². The largest absolute Gasteiger partial charge is 0.360 e. The molecule has 0 spiro atoms. The second-order valence-electron chi connectivity index (χ2n) is 3.68. The topological polar surface area (TPSA) is 42.0 Å². The number of anilines is 1. The Bertz CT molecular complexity index is 476. The Balaban J connectivity index is 2.07. The third-order valence-electron chi connectivity index (χ3n) is 2.40. The Labute approximate surface area is 101 Å². The Morgan fingerprint density at radius 3 is 2.94 bits per heavy atom. The molecule has 1 N–H and O–H groups in total. The standard InChI is InChI=1S/C11H14N2OS2/c1-8(16(2)14)7-12-11-13-9-5-3-4-6-10(9)15-11/h3-6,8H,7H2,1-2H3,(H,12,13). The van der Waals surface area contributed by atoms with Crippen LogP contribution in [0.4, 0.5) is 5.13 Å². The number of aromatic nitrogens is 1. The zero-order chi connectivity index (χ0) is 11.5. The van der Waals surface area contributed by atoms with E-state index in [0.29, 0.717) is 6.54 Å². The number of hydrogen-bond donors (Lipinski definition) is 1. The lowest BCUT2D eigenvalue weighted by Gasteiger charge is -2.07. The average molecular weight is 254 g/mol. The molecular weight excluding hydrogens is 240 g/mol. The summed E-state index contributed by atoms with van der Waals surface area (Å²) < 4.78 is 12.4. The van der Waals surface area contributed by atoms with Crippen LogP contribution in [0.3, 0.4) is 0 Å². The molecule has 3 nitrogen and oxygen atoms in total. The van der Waals surface area contributed by atoms with E-state index in [1.54, 1.807) is 17.6 Å². The molecule has 0 aliphatic carbocycles. The molecule has 2 aromatic rings. The predicted octanol–water partition coefficient (Wildman–Crippen LogP) is 2.48. The number of nitrogens with one attached hydrogen (secondary N) is 1. The van der Waals surface area contributed by atoms with Gasteiger partial charge in [0, 0.05) is 28.9 Å². The molecular formula is C11H14N2OS2. The van der Waals surface area contributed by atoms with Gasteiger partial charge in [-0.1, -0.05) is 23.5 Å². The van der Waals surface area contributed by atoms with Crippen LogP contribution in [0.5, 0.6) is 0 Å². The average Bonchev–Trinajstić information content (AvgIpc) is 2.68. The van der Waals surface area contributed by atoms with Gasteiger partial charge in [0.15, 0.2) is 5.13 Å². The smallest absolute Gasteiger partial charge is 0.183 e. The lowest BCUT2D eigenvalue weighted by molar-refractivity contribution is 0.679. The molecule has 86 valence electrons. The molecule has 2 rings (SSSR count). The summed E-state index contributed by atoms with van der Waals surface area (Å²) >= 11 is 1.63. The number of rotatable bonds is 4. The van der Waals surface area contributed by atoms with Gasteiger partial charge in [-0.05, 0) is 19.1 Å². The van der Waals surface area contributed by atoms with Crippen molar-refractivity contribution in [3.05, 3.63) is 24.3 Å². The second kappa shape index (κ2) is 4.93. The Morgan fingerprint density at radius 1 is 1.50 bits per heavy atom. The predicted molar refractivity (Wildman–Crippen MR) is 71.6 cm³/mol. The van der Waals surface area contributed by atoms with E-state index in [9.17, 15) is 4.21 Å². The van der Waals surface area contributed by atoms with E-state index in [1.807, 2.05) is 25.1 Å². The Morgan fingerprint density at radius 2 is 2.25 bits per heavy atom. The minimum absolute atomic E-state index is 0.145. The lowest BCUT2D eigenvalue weighted by Crippen LogP contribution is -2.20. The van der Waals surface area contributed by atoms with E-state index in [-0.39, 0.29) is 5.25 Å². The zero-order valence-electron chi connectivity index (χ0n) is 9.27. The summed E-state index contributed by atoms with van der Waals surface area (Å²) in [6, 6.07) is 8.04. The monoisotopic (exact) mass is 254 g/mol. The maximum atomic E-state index is 11.2. The van der Waals surface area contributed by atoms with Crippen molar-refractivity contribution >= 4 is 37.5 Å². The van der Waals surface area contributed by atoms with Crippen LogP contribution in [0.15, 0.2) is 24.3 Å². The van der Waals surface area contributed by atoms with Crippen LogP contribution in [0, 0.1) is 0 Å². The molecule has 0 radical (unpaired) electrons. The van der Waals surface area contributed by atoms with Gasteiger partial charge in [0.25, 0.3) is 0 Å². The van der Waals surface area contributed by atoms with Crippen LogP contribution >= 0.6 is 11.3 Å². The number of hydrogen-bond acceptors (Lipinski definition) is 4. The highest BCUT2D eigenvalue weighted by Gasteiger charge is 2.07. The van der Waals surface area contributed by atoms with Gasteiger partial charge in [-0.3, -0.25) is 4.21 Å².